The Balaban J connectivity index is 1.69. The van der Waals surface area contributed by atoms with Gasteiger partial charge in [0.1, 0.15) is 0 Å². The highest BCUT2D eigenvalue weighted by Crippen LogP contribution is 2.20. The Kier molecular flexibility index (Phi) is 5.96. The molecule has 1 aliphatic rings. The normalized spacial score (nSPS) is 15.0. The third-order valence-corrected chi connectivity index (χ3v) is 6.18. The Morgan fingerprint density at radius 3 is 2.64 bits per heavy atom. The van der Waals surface area contributed by atoms with Crippen molar-refractivity contribution >= 4 is 33.2 Å². The van der Waals surface area contributed by atoms with Crippen LogP contribution in [0.2, 0.25) is 0 Å². The minimum atomic E-state index is -3.81. The van der Waals surface area contributed by atoms with Gasteiger partial charge in [-0.15, -0.1) is 0 Å². The van der Waals surface area contributed by atoms with E-state index in [2.05, 4.69) is 10.6 Å². The van der Waals surface area contributed by atoms with Gasteiger partial charge in [0, 0.05) is 31.5 Å². The first-order valence-electron chi connectivity index (χ1n) is 8.79. The van der Waals surface area contributed by atoms with E-state index < -0.39 is 10.0 Å². The Labute approximate surface area is 164 Å². The lowest BCUT2D eigenvalue weighted by molar-refractivity contribution is -0.122. The van der Waals surface area contributed by atoms with Crippen LogP contribution in [-0.2, 0) is 19.6 Å². The molecule has 0 spiro atoms. The van der Waals surface area contributed by atoms with Crippen LogP contribution in [0.1, 0.15) is 0 Å². The van der Waals surface area contributed by atoms with Crippen molar-refractivity contribution in [3.8, 4) is 0 Å². The van der Waals surface area contributed by atoms with E-state index in [1.54, 1.807) is 24.1 Å². The lowest BCUT2D eigenvalue weighted by Gasteiger charge is -2.26. The number of hydrogen-bond acceptors (Lipinski definition) is 5. The van der Waals surface area contributed by atoms with Crippen molar-refractivity contribution in [3.05, 3.63) is 54.6 Å². The van der Waals surface area contributed by atoms with Crippen molar-refractivity contribution in [2.45, 2.75) is 4.90 Å². The number of hydrogen-bond donors (Lipinski definition) is 2. The van der Waals surface area contributed by atoms with Crippen LogP contribution in [-0.4, -0.2) is 57.8 Å². The average molecular weight is 402 g/mol. The third-order valence-electron chi connectivity index (χ3n) is 4.34. The molecule has 0 atom stereocenters. The van der Waals surface area contributed by atoms with Crippen LogP contribution in [0.5, 0.6) is 0 Å². The Morgan fingerprint density at radius 2 is 1.93 bits per heavy atom. The molecule has 1 aliphatic heterocycles. The molecule has 0 unspecified atom stereocenters. The maximum atomic E-state index is 12.8. The van der Waals surface area contributed by atoms with Gasteiger partial charge in [-0.2, -0.15) is 4.31 Å². The molecule has 148 valence electrons. The number of carbonyl (C=O) groups excluding carboxylic acids is 2. The summed E-state index contributed by atoms with van der Waals surface area (Å²) in [4.78, 5) is 25.7. The predicted molar refractivity (Wildman–Crippen MR) is 107 cm³/mol. The smallest absolute Gasteiger partial charge is 0.243 e. The standard InChI is InChI=1S/C19H22N4O4S/c1-22(16-7-3-2-4-8-16)13-19(25)21-15-6-5-9-17(12-15)28(26,27)23-11-10-20-18(24)14-23/h2-9,12H,10-11,13-14H2,1H3,(H,20,24)(H,21,25). The van der Waals surface area contributed by atoms with Gasteiger partial charge < -0.3 is 15.5 Å². The van der Waals surface area contributed by atoms with E-state index in [-0.39, 0.29) is 42.9 Å². The van der Waals surface area contributed by atoms with Crippen LogP contribution in [0.15, 0.2) is 59.5 Å². The highest BCUT2D eigenvalue weighted by Gasteiger charge is 2.29. The first kappa shape index (κ1) is 19.8. The molecule has 3 rings (SSSR count). The van der Waals surface area contributed by atoms with Crippen molar-refractivity contribution < 1.29 is 18.0 Å². The summed E-state index contributed by atoms with van der Waals surface area (Å²) in [7, 11) is -2.01. The number of nitrogens with one attached hydrogen (secondary N) is 2. The molecule has 28 heavy (non-hydrogen) atoms. The fraction of sp³-hybridized carbons (Fsp3) is 0.263. The number of benzene rings is 2. The molecule has 0 aromatic heterocycles. The van der Waals surface area contributed by atoms with Crippen molar-refractivity contribution in [1.82, 2.24) is 9.62 Å². The fourth-order valence-electron chi connectivity index (χ4n) is 2.89. The lowest BCUT2D eigenvalue weighted by Crippen LogP contribution is -2.49. The summed E-state index contributed by atoms with van der Waals surface area (Å²) in [5.74, 6) is -0.596. The van der Waals surface area contributed by atoms with Gasteiger partial charge in [0.05, 0.1) is 18.0 Å². The molecule has 9 heteroatoms. The van der Waals surface area contributed by atoms with Gasteiger partial charge >= 0.3 is 0 Å². The summed E-state index contributed by atoms with van der Waals surface area (Å²) in [6, 6.07) is 15.5. The van der Waals surface area contributed by atoms with Crippen molar-refractivity contribution in [2.75, 3.05) is 43.4 Å². The van der Waals surface area contributed by atoms with Crippen LogP contribution < -0.4 is 15.5 Å². The number of piperazine rings is 1. The summed E-state index contributed by atoms with van der Waals surface area (Å²) in [6.45, 7) is 0.404. The van der Waals surface area contributed by atoms with Gasteiger partial charge in [0.15, 0.2) is 0 Å². The summed E-state index contributed by atoms with van der Waals surface area (Å²) >= 11 is 0. The highest BCUT2D eigenvalue weighted by atomic mass is 32.2. The van der Waals surface area contributed by atoms with Gasteiger partial charge in [-0.1, -0.05) is 24.3 Å². The van der Waals surface area contributed by atoms with Gasteiger partial charge in [-0.05, 0) is 30.3 Å². The van der Waals surface area contributed by atoms with Crippen LogP contribution in [0.3, 0.4) is 0 Å². The molecule has 2 amide bonds. The second-order valence-corrected chi connectivity index (χ2v) is 8.39. The van der Waals surface area contributed by atoms with Gasteiger partial charge in [-0.3, -0.25) is 9.59 Å². The molecule has 8 nitrogen and oxygen atoms in total. The lowest BCUT2D eigenvalue weighted by atomic mass is 10.3. The number of anilines is 2. The number of sulfonamides is 1. The molecule has 1 heterocycles. The monoisotopic (exact) mass is 402 g/mol. The van der Waals surface area contributed by atoms with Gasteiger partial charge in [-0.25, -0.2) is 8.42 Å². The molecule has 2 aromatic rings. The van der Waals surface area contributed by atoms with Crippen LogP contribution in [0.25, 0.3) is 0 Å². The third kappa shape index (κ3) is 4.68. The number of likely N-dealkylation sites (N-methyl/N-ethyl adjacent to an activating group) is 1. The quantitative estimate of drug-likeness (QED) is 0.748. The molecule has 0 radical (unpaired) electrons. The molecular formula is C19H22N4O4S. The van der Waals surface area contributed by atoms with Crippen LogP contribution >= 0.6 is 0 Å². The second-order valence-electron chi connectivity index (χ2n) is 6.46. The van der Waals surface area contributed by atoms with E-state index >= 15 is 0 Å². The zero-order valence-corrected chi connectivity index (χ0v) is 16.3. The second kappa shape index (κ2) is 8.41. The van der Waals surface area contributed by atoms with Crippen molar-refractivity contribution in [3.63, 3.8) is 0 Å². The largest absolute Gasteiger partial charge is 0.365 e. The van der Waals surface area contributed by atoms with Crippen molar-refractivity contribution in [2.24, 2.45) is 0 Å². The first-order chi connectivity index (χ1) is 13.4. The zero-order valence-electron chi connectivity index (χ0n) is 15.5. The maximum absolute atomic E-state index is 12.8. The molecule has 0 bridgehead atoms. The van der Waals surface area contributed by atoms with E-state index in [0.717, 1.165) is 9.99 Å². The van der Waals surface area contributed by atoms with E-state index in [1.165, 1.54) is 12.1 Å². The fourth-order valence-corrected chi connectivity index (χ4v) is 4.34. The molecule has 0 saturated carbocycles. The molecule has 2 N–H and O–H groups in total. The molecule has 1 fully saturated rings. The summed E-state index contributed by atoms with van der Waals surface area (Å²) < 4.78 is 26.7. The maximum Gasteiger partial charge on any atom is 0.243 e. The highest BCUT2D eigenvalue weighted by molar-refractivity contribution is 7.89. The number of nitrogens with zero attached hydrogens (tertiary/aromatic N) is 2. The Morgan fingerprint density at radius 1 is 1.18 bits per heavy atom. The van der Waals surface area contributed by atoms with Crippen LogP contribution in [0.4, 0.5) is 11.4 Å². The first-order valence-corrected chi connectivity index (χ1v) is 10.2. The molecular weight excluding hydrogens is 380 g/mol. The van der Waals surface area contributed by atoms with E-state index in [0.29, 0.717) is 5.69 Å². The van der Waals surface area contributed by atoms with E-state index in [1.807, 2.05) is 30.3 Å². The molecule has 1 saturated heterocycles. The van der Waals surface area contributed by atoms with Gasteiger partial charge in [0.2, 0.25) is 21.8 Å². The van der Waals surface area contributed by atoms with Gasteiger partial charge in [0.25, 0.3) is 0 Å². The van der Waals surface area contributed by atoms with Crippen molar-refractivity contribution in [1.29, 1.82) is 0 Å². The summed E-state index contributed by atoms with van der Waals surface area (Å²) in [5.41, 5.74) is 1.28. The number of amides is 2. The zero-order chi connectivity index (χ0) is 20.1. The number of rotatable bonds is 6. The predicted octanol–water partition coefficient (Wildman–Crippen LogP) is 0.882. The number of para-hydroxylation sites is 1. The summed E-state index contributed by atoms with van der Waals surface area (Å²) in [6.07, 6.45) is 0. The molecule has 0 aliphatic carbocycles. The summed E-state index contributed by atoms with van der Waals surface area (Å²) in [5, 5.41) is 5.32. The topological polar surface area (TPSA) is 98.8 Å². The minimum absolute atomic E-state index is 0.0383. The van der Waals surface area contributed by atoms with E-state index in [9.17, 15) is 18.0 Å². The SMILES string of the molecule is CN(CC(=O)Nc1cccc(S(=O)(=O)N2CCNC(=O)C2)c1)c1ccccc1. The average Bonchev–Trinajstić information content (AvgIpc) is 2.68. The van der Waals surface area contributed by atoms with Crippen LogP contribution in [0, 0.1) is 0 Å². The number of carbonyl (C=O) groups is 2. The minimum Gasteiger partial charge on any atom is -0.365 e. The van der Waals surface area contributed by atoms with E-state index in [4.69, 9.17) is 0 Å². The Bertz CT molecular complexity index is 963. The molecule has 2 aromatic carbocycles. The Hall–Kier alpha value is -2.91.